The van der Waals surface area contributed by atoms with E-state index in [2.05, 4.69) is 118 Å². The lowest BCUT2D eigenvalue weighted by Crippen LogP contribution is -2.21. The van der Waals surface area contributed by atoms with Gasteiger partial charge in [0.1, 0.15) is 11.2 Å². The first-order valence-corrected chi connectivity index (χ1v) is 15.4. The molecule has 6 heteroatoms. The van der Waals surface area contributed by atoms with Crippen LogP contribution in [0.25, 0.3) is 33.3 Å². The highest BCUT2D eigenvalue weighted by molar-refractivity contribution is 6.30. The smallest absolute Gasteiger partial charge is 0.258 e. The average molecular weight is 593 g/mol. The minimum atomic E-state index is -0.359. The van der Waals surface area contributed by atoms with Crippen LogP contribution in [0.4, 0.5) is 0 Å². The van der Waals surface area contributed by atoms with E-state index in [0.717, 1.165) is 33.1 Å². The van der Waals surface area contributed by atoms with Gasteiger partial charge in [0.2, 0.25) is 0 Å². The summed E-state index contributed by atoms with van der Waals surface area (Å²) < 4.78 is 12.9. The Labute approximate surface area is 260 Å². The zero-order chi connectivity index (χ0) is 32.3. The summed E-state index contributed by atoms with van der Waals surface area (Å²) in [4.78, 5) is 27.1. The van der Waals surface area contributed by atoms with Crippen LogP contribution in [0.5, 0.6) is 0 Å². The molecular formula is C38H44N2O4. The molecule has 0 saturated carbocycles. The number of fused-ring (bicyclic) bond motifs is 3. The Bertz CT molecular complexity index is 1820. The maximum absolute atomic E-state index is 13.5. The first kappa shape index (κ1) is 30.0. The number of carbonyl (C=O) groups excluding carboxylic acids is 2. The van der Waals surface area contributed by atoms with Crippen LogP contribution < -0.4 is 10.6 Å². The van der Waals surface area contributed by atoms with Gasteiger partial charge in [-0.05, 0) is 57.1 Å². The summed E-state index contributed by atoms with van der Waals surface area (Å²) in [5.41, 5.74) is 6.96. The molecule has 0 saturated heterocycles. The van der Waals surface area contributed by atoms with E-state index in [4.69, 9.17) is 8.83 Å². The predicted molar refractivity (Wildman–Crippen MR) is 177 cm³/mol. The third kappa shape index (κ3) is 4.79. The highest BCUT2D eigenvalue weighted by atomic mass is 16.3. The number of furan rings is 2. The Morgan fingerprint density at radius 1 is 0.477 bits per heavy atom. The molecule has 0 unspecified atom stereocenters. The summed E-state index contributed by atoms with van der Waals surface area (Å²) >= 11 is 0. The maximum atomic E-state index is 13.5. The quantitative estimate of drug-likeness (QED) is 0.244. The van der Waals surface area contributed by atoms with E-state index in [1.807, 2.05) is 12.1 Å². The van der Waals surface area contributed by atoms with E-state index in [-0.39, 0.29) is 44.6 Å². The van der Waals surface area contributed by atoms with Crippen LogP contribution in [0.3, 0.4) is 0 Å². The first-order valence-electron chi connectivity index (χ1n) is 15.4. The summed E-state index contributed by atoms with van der Waals surface area (Å²) in [7, 11) is 0. The van der Waals surface area contributed by atoms with E-state index in [1.54, 1.807) is 0 Å². The number of carbonyl (C=O) groups is 2. The van der Waals surface area contributed by atoms with E-state index in [0.29, 0.717) is 22.9 Å². The Morgan fingerprint density at radius 2 is 0.818 bits per heavy atom. The number of amides is 2. The highest BCUT2D eigenvalue weighted by Gasteiger charge is 2.43. The Morgan fingerprint density at radius 3 is 1.11 bits per heavy atom. The Hall–Kier alpha value is -4.06. The van der Waals surface area contributed by atoms with Crippen molar-refractivity contribution in [1.82, 2.24) is 10.6 Å². The van der Waals surface area contributed by atoms with Gasteiger partial charge in [-0.1, -0.05) is 95.2 Å². The van der Waals surface area contributed by atoms with Gasteiger partial charge in [0, 0.05) is 21.9 Å². The lowest BCUT2D eigenvalue weighted by atomic mass is 9.80. The van der Waals surface area contributed by atoms with Gasteiger partial charge in [-0.15, -0.1) is 0 Å². The number of hydrogen-bond acceptors (Lipinski definition) is 4. The van der Waals surface area contributed by atoms with Crippen LogP contribution >= 0.6 is 0 Å². The van der Waals surface area contributed by atoms with Gasteiger partial charge in [0.15, 0.2) is 11.5 Å². The van der Waals surface area contributed by atoms with Crippen LogP contribution in [0.1, 0.15) is 117 Å². The highest BCUT2D eigenvalue weighted by Crippen LogP contribution is 2.44. The number of benzene rings is 2. The molecule has 230 valence electrons. The lowest BCUT2D eigenvalue weighted by molar-refractivity contribution is -0.117. The minimum Gasteiger partial charge on any atom is -0.454 e. The average Bonchev–Trinajstić information content (AvgIpc) is 3.63. The van der Waals surface area contributed by atoms with Crippen LogP contribution in [0, 0.1) is 0 Å². The van der Waals surface area contributed by atoms with Crippen LogP contribution in [-0.2, 0) is 31.2 Å². The van der Waals surface area contributed by atoms with Crippen molar-refractivity contribution in [3.8, 4) is 0 Å². The molecule has 0 aliphatic carbocycles. The monoisotopic (exact) mass is 592 g/mol. The number of hydrogen-bond donors (Lipinski definition) is 2. The zero-order valence-electron chi connectivity index (χ0n) is 28.1. The molecule has 0 spiro atoms. The molecule has 0 bridgehead atoms. The van der Waals surface area contributed by atoms with E-state index < -0.39 is 0 Å². The van der Waals surface area contributed by atoms with Crippen molar-refractivity contribution in [2.45, 2.75) is 105 Å². The van der Waals surface area contributed by atoms with Crippen molar-refractivity contribution in [2.75, 3.05) is 0 Å². The Kier molecular flexibility index (Phi) is 6.29. The van der Waals surface area contributed by atoms with Gasteiger partial charge in [-0.25, -0.2) is 0 Å². The fourth-order valence-electron chi connectivity index (χ4n) is 6.08. The molecule has 2 aromatic carbocycles. The lowest BCUT2D eigenvalue weighted by Gasteiger charge is -2.25. The SMILES string of the molecule is CC(C)(C)c1cc(C(C)(C)C)c2oc(C3=C4C(=O)NC(c5cc6cc(C(C)(C)C)cc(C(C)(C)C)c6o5)=C4C(=O)N3)cc2c1. The molecular weight excluding hydrogens is 548 g/mol. The van der Waals surface area contributed by atoms with Crippen molar-refractivity contribution >= 4 is 45.1 Å². The topological polar surface area (TPSA) is 84.5 Å². The van der Waals surface area contributed by atoms with Crippen molar-refractivity contribution < 1.29 is 18.4 Å². The van der Waals surface area contributed by atoms with Gasteiger partial charge in [0.25, 0.3) is 11.8 Å². The first-order chi connectivity index (χ1) is 20.1. The van der Waals surface area contributed by atoms with E-state index in [1.165, 1.54) is 11.1 Å². The van der Waals surface area contributed by atoms with Crippen LogP contribution in [0.2, 0.25) is 0 Å². The fourth-order valence-corrected chi connectivity index (χ4v) is 6.08. The zero-order valence-corrected chi connectivity index (χ0v) is 28.1. The van der Waals surface area contributed by atoms with Crippen molar-refractivity contribution in [3.63, 3.8) is 0 Å². The Balaban J connectivity index is 1.54. The summed E-state index contributed by atoms with van der Waals surface area (Å²) in [6, 6.07) is 12.6. The van der Waals surface area contributed by atoms with Gasteiger partial charge in [-0.3, -0.25) is 9.59 Å². The molecule has 44 heavy (non-hydrogen) atoms. The molecule has 2 aromatic heterocycles. The normalized spacial score (nSPS) is 16.5. The standard InChI is InChI=1S/C38H44N2O4/c1-35(2,3)21-13-19-15-25(43-31(19)23(17-21)37(7,8)9)29-27-28(34(42)39-29)30(40-33(27)41)26-16-20-14-22(36(4,5)6)18-24(32(20)44-26)38(10,11)12/h13-18H,1-12H3,(H,39,42)(H,40,41). The van der Waals surface area contributed by atoms with Crippen molar-refractivity contribution in [2.24, 2.45) is 0 Å². The van der Waals surface area contributed by atoms with Gasteiger partial charge in [-0.2, -0.15) is 0 Å². The van der Waals surface area contributed by atoms with Gasteiger partial charge in [0.05, 0.1) is 22.5 Å². The second-order valence-electron chi connectivity index (χ2n) is 16.5. The molecule has 2 aliphatic rings. The van der Waals surface area contributed by atoms with E-state index >= 15 is 0 Å². The van der Waals surface area contributed by atoms with Crippen molar-refractivity contribution in [3.05, 3.63) is 81.3 Å². The molecule has 0 fully saturated rings. The molecule has 4 heterocycles. The molecule has 6 rings (SSSR count). The van der Waals surface area contributed by atoms with Crippen LogP contribution in [0.15, 0.2) is 56.4 Å². The minimum absolute atomic E-state index is 0.0572. The third-order valence-electron chi connectivity index (χ3n) is 8.75. The molecule has 6 nitrogen and oxygen atoms in total. The molecule has 4 aromatic rings. The largest absolute Gasteiger partial charge is 0.454 e. The summed E-state index contributed by atoms with van der Waals surface area (Å²) in [6.07, 6.45) is 0. The third-order valence-corrected chi connectivity index (χ3v) is 8.75. The molecule has 2 amide bonds. The predicted octanol–water partition coefficient (Wildman–Crippen LogP) is 8.75. The van der Waals surface area contributed by atoms with Gasteiger partial charge >= 0.3 is 0 Å². The second kappa shape index (κ2) is 9.23. The second-order valence-corrected chi connectivity index (χ2v) is 16.5. The summed E-state index contributed by atoms with van der Waals surface area (Å²) in [5, 5.41) is 7.79. The molecule has 0 atom stereocenters. The van der Waals surface area contributed by atoms with Crippen molar-refractivity contribution in [1.29, 1.82) is 0 Å². The number of rotatable bonds is 2. The summed E-state index contributed by atoms with van der Waals surface area (Å²) in [6.45, 7) is 26.1. The van der Waals surface area contributed by atoms with E-state index in [9.17, 15) is 9.59 Å². The van der Waals surface area contributed by atoms with Crippen LogP contribution in [-0.4, -0.2) is 11.8 Å². The molecule has 2 aliphatic heterocycles. The molecule has 0 radical (unpaired) electrons. The van der Waals surface area contributed by atoms with Gasteiger partial charge < -0.3 is 19.5 Å². The maximum Gasteiger partial charge on any atom is 0.258 e. The fraction of sp³-hybridized carbons (Fsp3) is 0.421. The summed E-state index contributed by atoms with van der Waals surface area (Å²) in [5.74, 6) is 0.200. The molecule has 2 N–H and O–H groups in total. The number of nitrogens with one attached hydrogen (secondary N) is 2.